The quantitative estimate of drug-likeness (QED) is 0.638. The molecule has 0 aliphatic heterocycles. The predicted molar refractivity (Wildman–Crippen MR) is 57.2 cm³/mol. The molecule has 3 heteroatoms. The van der Waals surface area contributed by atoms with Gasteiger partial charge in [0, 0.05) is 13.2 Å². The Balaban J connectivity index is 2.32. The Kier molecular flexibility index (Phi) is 5.67. The van der Waals surface area contributed by atoms with E-state index in [4.69, 9.17) is 8.85 Å². The van der Waals surface area contributed by atoms with Crippen molar-refractivity contribution in [2.24, 2.45) is 0 Å². The zero-order valence-corrected chi connectivity index (χ0v) is 10.1. The van der Waals surface area contributed by atoms with Crippen molar-refractivity contribution in [3.63, 3.8) is 0 Å². The SMILES string of the molecule is CCO[SiH](OCC)C1CCCCC1. The van der Waals surface area contributed by atoms with Crippen LogP contribution < -0.4 is 0 Å². The van der Waals surface area contributed by atoms with E-state index >= 15 is 0 Å². The molecule has 0 radical (unpaired) electrons. The van der Waals surface area contributed by atoms with Gasteiger partial charge >= 0.3 is 9.28 Å². The maximum atomic E-state index is 5.74. The Bertz CT molecular complexity index is 118. The molecule has 0 bridgehead atoms. The molecule has 13 heavy (non-hydrogen) atoms. The Morgan fingerprint density at radius 1 is 1.00 bits per heavy atom. The third-order valence-electron chi connectivity index (χ3n) is 2.70. The summed E-state index contributed by atoms with van der Waals surface area (Å²) in [7, 11) is -1.32. The van der Waals surface area contributed by atoms with Crippen LogP contribution in [0, 0.1) is 0 Å². The number of rotatable bonds is 5. The first-order valence-corrected chi connectivity index (χ1v) is 7.22. The summed E-state index contributed by atoms with van der Waals surface area (Å²) in [4.78, 5) is 0. The predicted octanol–water partition coefficient (Wildman–Crippen LogP) is 2.61. The van der Waals surface area contributed by atoms with Crippen molar-refractivity contribution in [3.05, 3.63) is 0 Å². The van der Waals surface area contributed by atoms with Crippen LogP contribution in [0.5, 0.6) is 0 Å². The second-order valence-electron chi connectivity index (χ2n) is 3.68. The molecule has 1 aliphatic carbocycles. The van der Waals surface area contributed by atoms with E-state index in [1.54, 1.807) is 0 Å². The molecule has 1 saturated carbocycles. The van der Waals surface area contributed by atoms with Gasteiger partial charge in [-0.2, -0.15) is 0 Å². The van der Waals surface area contributed by atoms with Gasteiger partial charge in [0.2, 0.25) is 0 Å². The monoisotopic (exact) mass is 202 g/mol. The maximum Gasteiger partial charge on any atom is 0.324 e. The van der Waals surface area contributed by atoms with Gasteiger partial charge in [0.25, 0.3) is 0 Å². The average Bonchev–Trinajstić information content (AvgIpc) is 2.19. The van der Waals surface area contributed by atoms with Crippen LogP contribution in [0.1, 0.15) is 46.0 Å². The van der Waals surface area contributed by atoms with Crippen LogP contribution in [0.2, 0.25) is 5.54 Å². The second-order valence-corrected chi connectivity index (χ2v) is 6.02. The molecule has 0 aromatic heterocycles. The van der Waals surface area contributed by atoms with Crippen molar-refractivity contribution >= 4 is 9.28 Å². The summed E-state index contributed by atoms with van der Waals surface area (Å²) in [6, 6.07) is 0. The lowest BCUT2D eigenvalue weighted by Gasteiger charge is -2.27. The van der Waals surface area contributed by atoms with Gasteiger partial charge in [-0.3, -0.25) is 0 Å². The molecule has 78 valence electrons. The van der Waals surface area contributed by atoms with Crippen LogP contribution in [-0.2, 0) is 8.85 Å². The summed E-state index contributed by atoms with van der Waals surface area (Å²) in [5.74, 6) is 0. The minimum absolute atomic E-state index is 0.786. The fraction of sp³-hybridized carbons (Fsp3) is 1.00. The van der Waals surface area contributed by atoms with Gasteiger partial charge in [0.15, 0.2) is 0 Å². The molecule has 0 spiro atoms. The molecule has 1 rings (SSSR count). The van der Waals surface area contributed by atoms with E-state index in [0.29, 0.717) is 0 Å². The smallest absolute Gasteiger partial charge is 0.324 e. The first-order chi connectivity index (χ1) is 6.38. The Morgan fingerprint density at radius 3 is 2.00 bits per heavy atom. The van der Waals surface area contributed by atoms with E-state index in [0.717, 1.165) is 18.8 Å². The molecule has 0 heterocycles. The van der Waals surface area contributed by atoms with E-state index in [2.05, 4.69) is 13.8 Å². The summed E-state index contributed by atoms with van der Waals surface area (Å²) >= 11 is 0. The van der Waals surface area contributed by atoms with Gasteiger partial charge in [-0.05, 0) is 32.2 Å². The molecular weight excluding hydrogens is 180 g/mol. The molecule has 1 aliphatic rings. The standard InChI is InChI=1S/C10H22O2Si/c1-3-11-13(12-4-2)10-8-6-5-7-9-10/h10,13H,3-9H2,1-2H3. The molecule has 2 nitrogen and oxygen atoms in total. The summed E-state index contributed by atoms with van der Waals surface area (Å²) < 4.78 is 11.5. The van der Waals surface area contributed by atoms with Gasteiger partial charge in [0.05, 0.1) is 0 Å². The summed E-state index contributed by atoms with van der Waals surface area (Å²) in [6.07, 6.45) is 6.87. The summed E-state index contributed by atoms with van der Waals surface area (Å²) in [5.41, 5.74) is 0.786. The lowest BCUT2D eigenvalue weighted by atomic mass is 10.0. The molecule has 1 fully saturated rings. The number of hydrogen-bond donors (Lipinski definition) is 0. The van der Waals surface area contributed by atoms with Crippen molar-refractivity contribution < 1.29 is 8.85 Å². The Hall–Kier alpha value is 0.137. The third-order valence-corrected chi connectivity index (χ3v) is 5.46. The fourth-order valence-corrected chi connectivity index (χ4v) is 4.37. The van der Waals surface area contributed by atoms with Crippen molar-refractivity contribution in [1.29, 1.82) is 0 Å². The zero-order valence-electron chi connectivity index (χ0n) is 8.92. The topological polar surface area (TPSA) is 18.5 Å². The molecule has 0 amide bonds. The van der Waals surface area contributed by atoms with E-state index < -0.39 is 9.28 Å². The molecule has 0 aromatic rings. The first-order valence-electron chi connectivity index (χ1n) is 5.61. The maximum absolute atomic E-state index is 5.74. The summed E-state index contributed by atoms with van der Waals surface area (Å²) in [6.45, 7) is 5.80. The van der Waals surface area contributed by atoms with Crippen LogP contribution in [0.15, 0.2) is 0 Å². The van der Waals surface area contributed by atoms with E-state index in [-0.39, 0.29) is 0 Å². The first kappa shape index (κ1) is 11.2. The zero-order chi connectivity index (χ0) is 9.52. The van der Waals surface area contributed by atoms with Crippen LogP contribution in [0.4, 0.5) is 0 Å². The van der Waals surface area contributed by atoms with E-state index in [1.165, 1.54) is 32.1 Å². The highest BCUT2D eigenvalue weighted by Crippen LogP contribution is 2.31. The minimum Gasteiger partial charge on any atom is -0.397 e. The van der Waals surface area contributed by atoms with Gasteiger partial charge < -0.3 is 8.85 Å². The van der Waals surface area contributed by atoms with Crippen LogP contribution in [0.25, 0.3) is 0 Å². The van der Waals surface area contributed by atoms with Gasteiger partial charge in [0.1, 0.15) is 0 Å². The Labute approximate surface area is 83.5 Å². The molecule has 0 atom stereocenters. The largest absolute Gasteiger partial charge is 0.397 e. The Morgan fingerprint density at radius 2 is 1.54 bits per heavy atom. The van der Waals surface area contributed by atoms with Crippen LogP contribution in [0.3, 0.4) is 0 Å². The van der Waals surface area contributed by atoms with Gasteiger partial charge in [-0.15, -0.1) is 0 Å². The molecule has 0 saturated heterocycles. The van der Waals surface area contributed by atoms with E-state index in [9.17, 15) is 0 Å². The van der Waals surface area contributed by atoms with Crippen LogP contribution in [-0.4, -0.2) is 22.5 Å². The fourth-order valence-electron chi connectivity index (χ4n) is 2.06. The second kappa shape index (κ2) is 6.57. The van der Waals surface area contributed by atoms with E-state index in [1.807, 2.05) is 0 Å². The van der Waals surface area contributed by atoms with Crippen molar-refractivity contribution in [3.8, 4) is 0 Å². The third kappa shape index (κ3) is 3.79. The van der Waals surface area contributed by atoms with Crippen molar-refractivity contribution in [2.45, 2.75) is 51.5 Å². The highest BCUT2D eigenvalue weighted by atomic mass is 28.3. The normalized spacial score (nSPS) is 19.6. The van der Waals surface area contributed by atoms with Crippen LogP contribution >= 0.6 is 0 Å². The highest BCUT2D eigenvalue weighted by Gasteiger charge is 2.26. The van der Waals surface area contributed by atoms with Gasteiger partial charge in [-0.25, -0.2) is 0 Å². The number of hydrogen-bond acceptors (Lipinski definition) is 2. The lowest BCUT2D eigenvalue weighted by molar-refractivity contribution is 0.196. The minimum atomic E-state index is -1.32. The van der Waals surface area contributed by atoms with Crippen molar-refractivity contribution in [1.82, 2.24) is 0 Å². The average molecular weight is 202 g/mol. The summed E-state index contributed by atoms with van der Waals surface area (Å²) in [5, 5.41) is 0. The molecular formula is C10H22O2Si. The highest BCUT2D eigenvalue weighted by molar-refractivity contribution is 6.46. The van der Waals surface area contributed by atoms with Gasteiger partial charge in [-0.1, -0.05) is 19.3 Å². The molecule has 0 unspecified atom stereocenters. The molecule has 0 N–H and O–H groups in total. The lowest BCUT2D eigenvalue weighted by Crippen LogP contribution is -2.30. The van der Waals surface area contributed by atoms with Crippen molar-refractivity contribution in [2.75, 3.05) is 13.2 Å². The molecule has 0 aromatic carbocycles.